The topological polar surface area (TPSA) is 80.3 Å². The summed E-state index contributed by atoms with van der Waals surface area (Å²) in [5.74, 6) is 0.888. The lowest BCUT2D eigenvalue weighted by Gasteiger charge is -2.36. The van der Waals surface area contributed by atoms with Crippen molar-refractivity contribution in [2.24, 2.45) is 4.99 Å². The average Bonchev–Trinajstić information content (AvgIpc) is 3.35. The molecule has 25 heavy (non-hydrogen) atoms. The maximum absolute atomic E-state index is 11.9. The van der Waals surface area contributed by atoms with E-state index < -0.39 is 0 Å². The molecular weight excluding hydrogens is 435 g/mol. The lowest BCUT2D eigenvalue weighted by atomic mass is 10.3. The maximum atomic E-state index is 11.9. The quantitative estimate of drug-likeness (QED) is 0.315. The standard InChI is InChI=1S/C16H30N6O2.HI/c1-4-17-16(18-11-15(24)20(2)3)22-9-7-21(8-10-22)12-14(23)19-13-5-6-13;/h13H,4-12H2,1-3H3,(H,17,18)(H,19,23);1H. The second kappa shape index (κ2) is 10.8. The van der Waals surface area contributed by atoms with Gasteiger partial charge in [0, 0.05) is 52.9 Å². The van der Waals surface area contributed by atoms with E-state index in [9.17, 15) is 9.59 Å². The molecule has 0 aromatic rings. The number of rotatable bonds is 6. The van der Waals surface area contributed by atoms with Crippen LogP contribution in [-0.2, 0) is 9.59 Å². The Balaban J connectivity index is 0.00000312. The zero-order chi connectivity index (χ0) is 17.5. The summed E-state index contributed by atoms with van der Waals surface area (Å²) in [6.45, 7) is 6.66. The van der Waals surface area contributed by atoms with Crippen molar-refractivity contribution < 1.29 is 9.59 Å². The van der Waals surface area contributed by atoms with E-state index >= 15 is 0 Å². The molecular formula is C16H31IN6O2. The van der Waals surface area contributed by atoms with Gasteiger partial charge in [-0.1, -0.05) is 0 Å². The number of aliphatic imine (C=N–C) groups is 1. The Bertz CT molecular complexity index is 473. The van der Waals surface area contributed by atoms with Crippen molar-refractivity contribution in [2.75, 3.05) is 59.9 Å². The number of guanidine groups is 1. The molecule has 1 aliphatic heterocycles. The second-order valence-electron chi connectivity index (χ2n) is 6.56. The SMILES string of the molecule is CCNC(=NCC(=O)N(C)C)N1CCN(CC(=O)NC2CC2)CC1.I. The van der Waals surface area contributed by atoms with Gasteiger partial charge in [0.15, 0.2) is 5.96 Å². The number of carbonyl (C=O) groups is 2. The van der Waals surface area contributed by atoms with Crippen LogP contribution in [0.1, 0.15) is 19.8 Å². The van der Waals surface area contributed by atoms with Gasteiger partial charge in [0.05, 0.1) is 6.54 Å². The largest absolute Gasteiger partial charge is 0.357 e. The molecule has 0 radical (unpaired) electrons. The van der Waals surface area contributed by atoms with Crippen LogP contribution < -0.4 is 10.6 Å². The number of hydrogen-bond donors (Lipinski definition) is 2. The molecule has 2 amide bonds. The highest BCUT2D eigenvalue weighted by atomic mass is 127. The second-order valence-corrected chi connectivity index (χ2v) is 6.56. The first-order valence-corrected chi connectivity index (χ1v) is 8.74. The molecule has 1 aliphatic carbocycles. The first kappa shape index (κ1) is 21.9. The molecule has 144 valence electrons. The normalized spacial score (nSPS) is 18.4. The summed E-state index contributed by atoms with van der Waals surface area (Å²) < 4.78 is 0. The molecule has 1 heterocycles. The van der Waals surface area contributed by atoms with E-state index in [2.05, 4.69) is 25.4 Å². The van der Waals surface area contributed by atoms with E-state index in [4.69, 9.17) is 0 Å². The average molecular weight is 466 g/mol. The van der Waals surface area contributed by atoms with Gasteiger partial charge in [0.2, 0.25) is 11.8 Å². The predicted octanol–water partition coefficient (Wildman–Crippen LogP) is -0.446. The van der Waals surface area contributed by atoms with Gasteiger partial charge in [-0.2, -0.15) is 0 Å². The maximum Gasteiger partial charge on any atom is 0.243 e. The molecule has 2 N–H and O–H groups in total. The molecule has 0 atom stereocenters. The van der Waals surface area contributed by atoms with Gasteiger partial charge in [-0.15, -0.1) is 24.0 Å². The van der Waals surface area contributed by atoms with E-state index in [1.165, 1.54) is 0 Å². The van der Waals surface area contributed by atoms with E-state index in [1.807, 2.05) is 6.92 Å². The minimum atomic E-state index is -0.0132. The summed E-state index contributed by atoms with van der Waals surface area (Å²) in [4.78, 5) is 33.9. The Morgan fingerprint density at radius 3 is 2.32 bits per heavy atom. The van der Waals surface area contributed by atoms with Crippen molar-refractivity contribution in [1.82, 2.24) is 25.3 Å². The van der Waals surface area contributed by atoms with Gasteiger partial charge >= 0.3 is 0 Å². The number of carbonyl (C=O) groups excluding carboxylic acids is 2. The number of halogens is 1. The molecule has 2 fully saturated rings. The number of nitrogens with zero attached hydrogens (tertiary/aromatic N) is 4. The zero-order valence-electron chi connectivity index (χ0n) is 15.5. The van der Waals surface area contributed by atoms with Gasteiger partial charge in [0.25, 0.3) is 0 Å². The zero-order valence-corrected chi connectivity index (χ0v) is 17.8. The van der Waals surface area contributed by atoms with E-state index in [0.29, 0.717) is 12.6 Å². The van der Waals surface area contributed by atoms with E-state index in [-0.39, 0.29) is 42.3 Å². The van der Waals surface area contributed by atoms with Crippen LogP contribution in [0.2, 0.25) is 0 Å². The van der Waals surface area contributed by atoms with Crippen LogP contribution >= 0.6 is 24.0 Å². The van der Waals surface area contributed by atoms with Crippen LogP contribution in [0.15, 0.2) is 4.99 Å². The fourth-order valence-corrected chi connectivity index (χ4v) is 2.53. The third-order valence-electron chi connectivity index (χ3n) is 4.18. The van der Waals surface area contributed by atoms with Crippen molar-refractivity contribution in [3.63, 3.8) is 0 Å². The Labute approximate surface area is 167 Å². The molecule has 0 aromatic heterocycles. The van der Waals surface area contributed by atoms with Crippen LogP contribution in [-0.4, -0.2) is 98.4 Å². The van der Waals surface area contributed by atoms with Crippen LogP contribution in [0, 0.1) is 0 Å². The van der Waals surface area contributed by atoms with Crippen LogP contribution in [0.25, 0.3) is 0 Å². The number of piperazine rings is 1. The first-order chi connectivity index (χ1) is 11.5. The molecule has 1 saturated heterocycles. The molecule has 2 rings (SSSR count). The van der Waals surface area contributed by atoms with Crippen LogP contribution in [0.3, 0.4) is 0 Å². The minimum Gasteiger partial charge on any atom is -0.357 e. The Morgan fingerprint density at radius 1 is 1.16 bits per heavy atom. The number of hydrogen-bond acceptors (Lipinski definition) is 4. The fraction of sp³-hybridized carbons (Fsp3) is 0.812. The Morgan fingerprint density at radius 2 is 1.80 bits per heavy atom. The van der Waals surface area contributed by atoms with Crippen molar-refractivity contribution in [1.29, 1.82) is 0 Å². The first-order valence-electron chi connectivity index (χ1n) is 8.74. The van der Waals surface area contributed by atoms with Gasteiger partial charge < -0.3 is 20.4 Å². The van der Waals surface area contributed by atoms with Gasteiger partial charge in [-0.05, 0) is 19.8 Å². The minimum absolute atomic E-state index is 0. The fourth-order valence-electron chi connectivity index (χ4n) is 2.53. The smallest absolute Gasteiger partial charge is 0.243 e. The Kier molecular flexibility index (Phi) is 9.47. The van der Waals surface area contributed by atoms with Crippen molar-refractivity contribution >= 4 is 41.8 Å². The highest BCUT2D eigenvalue weighted by molar-refractivity contribution is 14.0. The van der Waals surface area contributed by atoms with Crippen molar-refractivity contribution in [3.05, 3.63) is 0 Å². The highest BCUT2D eigenvalue weighted by Gasteiger charge is 2.25. The molecule has 0 spiro atoms. The van der Waals surface area contributed by atoms with Gasteiger partial charge in [0.1, 0.15) is 6.54 Å². The highest BCUT2D eigenvalue weighted by Crippen LogP contribution is 2.18. The van der Waals surface area contributed by atoms with Crippen LogP contribution in [0.4, 0.5) is 0 Å². The third-order valence-corrected chi connectivity index (χ3v) is 4.18. The third kappa shape index (κ3) is 7.76. The summed E-state index contributed by atoms with van der Waals surface area (Å²) in [6, 6.07) is 0.417. The molecule has 0 unspecified atom stereocenters. The lowest BCUT2D eigenvalue weighted by molar-refractivity contribution is -0.127. The van der Waals surface area contributed by atoms with Crippen molar-refractivity contribution in [2.45, 2.75) is 25.8 Å². The van der Waals surface area contributed by atoms with E-state index in [0.717, 1.165) is 51.5 Å². The molecule has 0 aromatic carbocycles. The summed E-state index contributed by atoms with van der Waals surface area (Å²) in [7, 11) is 3.46. The number of amides is 2. The molecule has 1 saturated carbocycles. The van der Waals surface area contributed by atoms with Crippen LogP contribution in [0.5, 0.6) is 0 Å². The molecule has 2 aliphatic rings. The number of likely N-dealkylation sites (N-methyl/N-ethyl adjacent to an activating group) is 1. The Hall–Kier alpha value is -1.10. The van der Waals surface area contributed by atoms with Crippen molar-refractivity contribution in [3.8, 4) is 0 Å². The predicted molar refractivity (Wildman–Crippen MR) is 109 cm³/mol. The van der Waals surface area contributed by atoms with Gasteiger partial charge in [-0.25, -0.2) is 4.99 Å². The lowest BCUT2D eigenvalue weighted by Crippen LogP contribution is -2.54. The van der Waals surface area contributed by atoms with E-state index in [1.54, 1.807) is 19.0 Å². The monoisotopic (exact) mass is 466 g/mol. The summed E-state index contributed by atoms with van der Waals surface area (Å²) in [5.41, 5.74) is 0. The molecule has 8 nitrogen and oxygen atoms in total. The summed E-state index contributed by atoms with van der Waals surface area (Å²) >= 11 is 0. The van der Waals surface area contributed by atoms with Gasteiger partial charge in [-0.3, -0.25) is 14.5 Å². The summed E-state index contributed by atoms with van der Waals surface area (Å²) in [5, 5.41) is 6.27. The summed E-state index contributed by atoms with van der Waals surface area (Å²) in [6.07, 6.45) is 2.24. The number of nitrogens with one attached hydrogen (secondary N) is 2. The molecule has 0 bridgehead atoms. The molecule has 9 heteroatoms.